The topological polar surface area (TPSA) is 71.9 Å². The zero-order valence-electron chi connectivity index (χ0n) is 12.0. The first-order valence-corrected chi connectivity index (χ1v) is 6.81. The summed E-state index contributed by atoms with van der Waals surface area (Å²) in [5, 5.41) is 20.8. The minimum absolute atomic E-state index is 0.00270. The Bertz CT molecular complexity index is 902. The molecule has 2 aromatic carbocycles. The first-order valence-electron chi connectivity index (χ1n) is 6.81. The van der Waals surface area contributed by atoms with Crippen LogP contribution in [0.5, 0.6) is 0 Å². The van der Waals surface area contributed by atoms with Crippen molar-refractivity contribution in [2.75, 3.05) is 0 Å². The van der Waals surface area contributed by atoms with Crippen molar-refractivity contribution < 1.29 is 4.92 Å². The van der Waals surface area contributed by atoms with Crippen LogP contribution in [0.2, 0.25) is 0 Å². The third kappa shape index (κ3) is 2.42. The van der Waals surface area contributed by atoms with Crippen molar-refractivity contribution in [1.29, 1.82) is 5.26 Å². The van der Waals surface area contributed by atoms with Crippen LogP contribution in [0.4, 0.5) is 5.69 Å². The van der Waals surface area contributed by atoms with Crippen LogP contribution in [0.1, 0.15) is 16.7 Å². The van der Waals surface area contributed by atoms with Crippen LogP contribution in [0, 0.1) is 28.4 Å². The molecular formula is C17H13N3O2. The van der Waals surface area contributed by atoms with Gasteiger partial charge in [0.25, 0.3) is 5.69 Å². The van der Waals surface area contributed by atoms with Gasteiger partial charge in [-0.1, -0.05) is 29.8 Å². The number of fused-ring (bicyclic) bond motifs is 1. The molecule has 0 aliphatic heterocycles. The van der Waals surface area contributed by atoms with E-state index in [1.807, 2.05) is 35.8 Å². The van der Waals surface area contributed by atoms with Crippen molar-refractivity contribution in [2.24, 2.45) is 0 Å². The molecule has 0 amide bonds. The molecule has 5 nitrogen and oxygen atoms in total. The van der Waals surface area contributed by atoms with E-state index in [1.54, 1.807) is 12.3 Å². The van der Waals surface area contributed by atoms with Gasteiger partial charge in [0, 0.05) is 30.3 Å². The monoisotopic (exact) mass is 291 g/mol. The highest BCUT2D eigenvalue weighted by molar-refractivity contribution is 5.88. The van der Waals surface area contributed by atoms with Crippen LogP contribution in [0.3, 0.4) is 0 Å². The lowest BCUT2D eigenvalue weighted by atomic mass is 10.1. The molecule has 0 aliphatic rings. The van der Waals surface area contributed by atoms with Gasteiger partial charge in [-0.25, -0.2) is 0 Å². The third-order valence-corrected chi connectivity index (χ3v) is 3.67. The van der Waals surface area contributed by atoms with Crippen LogP contribution >= 0.6 is 0 Å². The molecule has 0 unspecified atom stereocenters. The van der Waals surface area contributed by atoms with Gasteiger partial charge in [0.1, 0.15) is 6.07 Å². The number of nitro benzene ring substituents is 1. The summed E-state index contributed by atoms with van der Waals surface area (Å²) in [7, 11) is 0. The predicted molar refractivity (Wildman–Crippen MR) is 83.6 cm³/mol. The fraction of sp³-hybridized carbons (Fsp3) is 0.118. The number of benzene rings is 2. The molecule has 0 aliphatic carbocycles. The Morgan fingerprint density at radius 1 is 1.23 bits per heavy atom. The molecule has 0 N–H and O–H groups in total. The maximum Gasteiger partial charge on any atom is 0.270 e. The van der Waals surface area contributed by atoms with Gasteiger partial charge in [0.15, 0.2) is 0 Å². The lowest BCUT2D eigenvalue weighted by molar-refractivity contribution is -0.384. The summed E-state index contributed by atoms with van der Waals surface area (Å²) in [5.74, 6) is 0. The molecule has 0 bridgehead atoms. The molecule has 1 aromatic heterocycles. The Morgan fingerprint density at radius 3 is 2.59 bits per heavy atom. The van der Waals surface area contributed by atoms with E-state index in [2.05, 4.69) is 6.07 Å². The van der Waals surface area contributed by atoms with Gasteiger partial charge in [0.2, 0.25) is 0 Å². The Labute approximate surface area is 127 Å². The average Bonchev–Trinajstić information content (AvgIpc) is 2.86. The van der Waals surface area contributed by atoms with E-state index in [9.17, 15) is 15.4 Å². The summed E-state index contributed by atoms with van der Waals surface area (Å²) >= 11 is 0. The molecule has 0 saturated heterocycles. The Hall–Kier alpha value is -3.13. The Morgan fingerprint density at radius 2 is 1.95 bits per heavy atom. The van der Waals surface area contributed by atoms with Crippen molar-refractivity contribution in [3.05, 3.63) is 75.5 Å². The zero-order valence-corrected chi connectivity index (χ0v) is 12.0. The van der Waals surface area contributed by atoms with E-state index >= 15 is 0 Å². The second-order valence-corrected chi connectivity index (χ2v) is 5.23. The molecular weight excluding hydrogens is 278 g/mol. The number of nitro groups is 1. The molecule has 3 rings (SSSR count). The van der Waals surface area contributed by atoms with Crippen LogP contribution in [-0.4, -0.2) is 9.49 Å². The molecule has 0 saturated carbocycles. The minimum Gasteiger partial charge on any atom is -0.342 e. The summed E-state index contributed by atoms with van der Waals surface area (Å²) in [6, 6.07) is 14.9. The quantitative estimate of drug-likeness (QED) is 0.544. The van der Waals surface area contributed by atoms with Gasteiger partial charge in [-0.3, -0.25) is 10.1 Å². The largest absolute Gasteiger partial charge is 0.342 e. The van der Waals surface area contributed by atoms with Gasteiger partial charge in [-0.15, -0.1) is 0 Å². The number of hydrogen-bond acceptors (Lipinski definition) is 3. The molecule has 5 heteroatoms. The summed E-state index contributed by atoms with van der Waals surface area (Å²) in [6.07, 6.45) is 1.74. The fourth-order valence-corrected chi connectivity index (χ4v) is 2.51. The highest BCUT2D eigenvalue weighted by Crippen LogP contribution is 2.26. The maximum absolute atomic E-state index is 10.9. The SMILES string of the molecule is Cc1ccc(Cn2cc(C#N)c3cc([N+](=O)[O-])ccc32)cc1. The normalized spacial score (nSPS) is 10.5. The molecule has 108 valence electrons. The summed E-state index contributed by atoms with van der Waals surface area (Å²) in [6.45, 7) is 2.65. The number of nitrogens with zero attached hydrogens (tertiary/aromatic N) is 3. The van der Waals surface area contributed by atoms with Crippen LogP contribution in [-0.2, 0) is 6.54 Å². The van der Waals surface area contributed by atoms with Crippen molar-refractivity contribution in [1.82, 2.24) is 4.57 Å². The van der Waals surface area contributed by atoms with Gasteiger partial charge in [0.05, 0.1) is 16.0 Å². The van der Waals surface area contributed by atoms with Crippen molar-refractivity contribution in [2.45, 2.75) is 13.5 Å². The molecule has 0 spiro atoms. The van der Waals surface area contributed by atoms with Gasteiger partial charge >= 0.3 is 0 Å². The van der Waals surface area contributed by atoms with E-state index < -0.39 is 4.92 Å². The number of hydrogen-bond donors (Lipinski definition) is 0. The number of aryl methyl sites for hydroxylation is 1. The van der Waals surface area contributed by atoms with Gasteiger partial charge < -0.3 is 4.57 Å². The fourth-order valence-electron chi connectivity index (χ4n) is 2.51. The van der Waals surface area contributed by atoms with E-state index in [-0.39, 0.29) is 5.69 Å². The highest BCUT2D eigenvalue weighted by Gasteiger charge is 2.13. The summed E-state index contributed by atoms with van der Waals surface area (Å²) in [4.78, 5) is 10.4. The molecule has 0 radical (unpaired) electrons. The van der Waals surface area contributed by atoms with E-state index in [0.29, 0.717) is 17.5 Å². The molecule has 22 heavy (non-hydrogen) atoms. The number of nitriles is 1. The third-order valence-electron chi connectivity index (χ3n) is 3.67. The predicted octanol–water partition coefficient (Wildman–Crippen LogP) is 3.78. The smallest absolute Gasteiger partial charge is 0.270 e. The Kier molecular flexibility index (Phi) is 3.36. The molecule has 1 heterocycles. The van der Waals surface area contributed by atoms with Crippen LogP contribution < -0.4 is 0 Å². The number of non-ortho nitro benzene ring substituents is 1. The van der Waals surface area contributed by atoms with Crippen molar-refractivity contribution >= 4 is 16.6 Å². The zero-order chi connectivity index (χ0) is 15.7. The summed E-state index contributed by atoms with van der Waals surface area (Å²) < 4.78 is 1.95. The number of aromatic nitrogens is 1. The first-order chi connectivity index (χ1) is 10.6. The van der Waals surface area contributed by atoms with Crippen LogP contribution in [0.15, 0.2) is 48.7 Å². The highest BCUT2D eigenvalue weighted by atomic mass is 16.6. The lowest BCUT2D eigenvalue weighted by Gasteiger charge is -2.06. The average molecular weight is 291 g/mol. The van der Waals surface area contributed by atoms with Gasteiger partial charge in [-0.05, 0) is 18.6 Å². The van der Waals surface area contributed by atoms with Crippen LogP contribution in [0.25, 0.3) is 10.9 Å². The van der Waals surface area contributed by atoms with E-state index in [0.717, 1.165) is 11.1 Å². The minimum atomic E-state index is -0.447. The Balaban J connectivity index is 2.08. The van der Waals surface area contributed by atoms with Crippen molar-refractivity contribution in [3.8, 4) is 6.07 Å². The second-order valence-electron chi connectivity index (χ2n) is 5.23. The number of rotatable bonds is 3. The van der Waals surface area contributed by atoms with E-state index in [4.69, 9.17) is 0 Å². The first kappa shape index (κ1) is 13.8. The molecule has 0 fully saturated rings. The molecule has 3 aromatic rings. The lowest BCUT2D eigenvalue weighted by Crippen LogP contribution is -1.98. The van der Waals surface area contributed by atoms with Crippen molar-refractivity contribution in [3.63, 3.8) is 0 Å². The second kappa shape index (κ2) is 5.34. The standard InChI is InChI=1S/C17H13N3O2/c1-12-2-4-13(5-3-12)10-19-11-14(9-18)16-8-15(20(21)22)6-7-17(16)19/h2-8,11H,10H2,1H3. The molecule has 0 atom stereocenters. The van der Waals surface area contributed by atoms with Gasteiger partial charge in [-0.2, -0.15) is 5.26 Å². The van der Waals surface area contributed by atoms with E-state index in [1.165, 1.54) is 17.7 Å². The summed E-state index contributed by atoms with van der Waals surface area (Å²) in [5.41, 5.74) is 3.57. The maximum atomic E-state index is 10.9.